The summed E-state index contributed by atoms with van der Waals surface area (Å²) in [6.45, 7) is 13.5. The van der Waals surface area contributed by atoms with E-state index in [0.29, 0.717) is 0 Å². The number of rotatable bonds is 2. The summed E-state index contributed by atoms with van der Waals surface area (Å²) in [5.41, 5.74) is 2.47. The Morgan fingerprint density at radius 1 is 0.524 bits per heavy atom. The molecule has 0 saturated carbocycles. The zero-order valence-corrected chi connectivity index (χ0v) is 12.3. The molecule has 0 saturated heterocycles. The maximum atomic E-state index is 7.50. The number of hydrogen-bond donors (Lipinski definition) is 0. The fourth-order valence-corrected chi connectivity index (χ4v) is 1.32. The van der Waals surface area contributed by atoms with Crippen molar-refractivity contribution in [2.24, 2.45) is 0 Å². The van der Waals surface area contributed by atoms with Crippen LogP contribution in [0.5, 0.6) is 0 Å². The van der Waals surface area contributed by atoms with Crippen molar-refractivity contribution in [2.45, 2.75) is 0 Å². The average Bonchev–Trinajstić information content (AvgIpc) is 2.60. The van der Waals surface area contributed by atoms with Gasteiger partial charge in [0.1, 0.15) is 0 Å². The van der Waals surface area contributed by atoms with Gasteiger partial charge in [-0.05, 0) is 11.1 Å². The normalized spacial score (nSPS) is 7.33. The summed E-state index contributed by atoms with van der Waals surface area (Å²) >= 11 is 0. The topological polar surface area (TPSA) is 59.7 Å². The molecule has 4 heteroatoms. The van der Waals surface area contributed by atoms with Gasteiger partial charge in [0.15, 0.2) is 0 Å². The van der Waals surface area contributed by atoms with E-state index in [-0.39, 0.29) is 17.4 Å². The molecule has 21 heavy (non-hydrogen) atoms. The van der Waals surface area contributed by atoms with Crippen LogP contribution in [0.1, 0.15) is 11.1 Å². The SMILES string of the molecule is C(=C\c1ccccc1)/c1ccccc1.[C-]#[O+].[C-]#[O+].[C-]#[O+].[Cr]. The number of benzene rings is 2. The number of hydrogen-bond acceptors (Lipinski definition) is 0. The van der Waals surface area contributed by atoms with Gasteiger partial charge in [-0.2, -0.15) is 0 Å². The standard InChI is InChI=1S/C14H12.3CO.Cr/c1-3-7-13(8-4-1)11-12-14-9-5-2-6-10-14;3*1-2;/h1-12H;;;;/b12-11+;;;;. The molecule has 0 bridgehead atoms. The molecule has 0 heterocycles. The van der Waals surface area contributed by atoms with Crippen molar-refractivity contribution in [3.05, 3.63) is 91.7 Å². The van der Waals surface area contributed by atoms with E-state index >= 15 is 0 Å². The first-order chi connectivity index (χ1) is 9.95. The fourth-order valence-electron chi connectivity index (χ4n) is 1.32. The Balaban J connectivity index is -0.000000414. The average molecular weight is 316 g/mol. The van der Waals surface area contributed by atoms with E-state index < -0.39 is 0 Å². The predicted octanol–water partition coefficient (Wildman–Crippen LogP) is 3.74. The van der Waals surface area contributed by atoms with E-state index in [1.54, 1.807) is 0 Å². The van der Waals surface area contributed by atoms with E-state index in [2.05, 4.69) is 56.4 Å². The van der Waals surface area contributed by atoms with Crippen LogP contribution in [0.2, 0.25) is 0 Å². The quantitative estimate of drug-likeness (QED) is 0.460. The maximum Gasteiger partial charge on any atom is 0 e. The van der Waals surface area contributed by atoms with Crippen LogP contribution in [-0.4, -0.2) is 0 Å². The van der Waals surface area contributed by atoms with Crippen molar-refractivity contribution in [2.75, 3.05) is 0 Å². The Morgan fingerprint density at radius 2 is 0.762 bits per heavy atom. The Labute approximate surface area is 135 Å². The molecule has 0 aromatic heterocycles. The van der Waals surface area contributed by atoms with Gasteiger partial charge < -0.3 is 0 Å². The van der Waals surface area contributed by atoms with Gasteiger partial charge in [-0.15, -0.1) is 0 Å². The van der Waals surface area contributed by atoms with Gasteiger partial charge in [-0.25, -0.2) is 0 Å². The summed E-state index contributed by atoms with van der Waals surface area (Å²) in [6, 6.07) is 20.6. The van der Waals surface area contributed by atoms with E-state index in [4.69, 9.17) is 14.0 Å². The Morgan fingerprint density at radius 3 is 1.00 bits per heavy atom. The van der Waals surface area contributed by atoms with Crippen molar-refractivity contribution < 1.29 is 31.3 Å². The minimum absolute atomic E-state index is 0. The minimum Gasteiger partial charge on any atom is 0 e. The molecule has 2 rings (SSSR count). The summed E-state index contributed by atoms with van der Waals surface area (Å²) in [4.78, 5) is 0. The van der Waals surface area contributed by atoms with Crippen LogP contribution < -0.4 is 0 Å². The second-order valence-electron chi connectivity index (χ2n) is 3.15. The van der Waals surface area contributed by atoms with Gasteiger partial charge in [0.25, 0.3) is 0 Å². The van der Waals surface area contributed by atoms with Crippen LogP contribution in [0, 0.1) is 20.0 Å². The Kier molecular flexibility index (Phi) is 23.1. The summed E-state index contributed by atoms with van der Waals surface area (Å²) in [6.07, 6.45) is 4.24. The molecule has 0 aliphatic carbocycles. The molecule has 2 aromatic rings. The van der Waals surface area contributed by atoms with Crippen LogP contribution >= 0.6 is 0 Å². The zero-order valence-electron chi connectivity index (χ0n) is 11.1. The molecule has 0 aliphatic heterocycles. The second-order valence-corrected chi connectivity index (χ2v) is 3.15. The van der Waals surface area contributed by atoms with Crippen molar-refractivity contribution in [1.82, 2.24) is 0 Å². The van der Waals surface area contributed by atoms with Crippen LogP contribution in [0.3, 0.4) is 0 Å². The van der Waals surface area contributed by atoms with E-state index in [1.165, 1.54) is 11.1 Å². The molecule has 3 nitrogen and oxygen atoms in total. The molecule has 0 N–H and O–H groups in total. The monoisotopic (exact) mass is 316 g/mol. The van der Waals surface area contributed by atoms with Crippen molar-refractivity contribution in [1.29, 1.82) is 0 Å². The molecule has 0 atom stereocenters. The molecule has 0 amide bonds. The smallest absolute Gasteiger partial charge is 0 e. The predicted molar refractivity (Wildman–Crippen MR) is 73.6 cm³/mol. The van der Waals surface area contributed by atoms with Crippen molar-refractivity contribution in [3.63, 3.8) is 0 Å². The van der Waals surface area contributed by atoms with Gasteiger partial charge in [-0.1, -0.05) is 72.8 Å². The van der Waals surface area contributed by atoms with E-state index in [0.717, 1.165) is 0 Å². The molecule has 0 aliphatic rings. The van der Waals surface area contributed by atoms with Gasteiger partial charge in [0.2, 0.25) is 0 Å². The molecular weight excluding hydrogens is 304 g/mol. The Hall–Kier alpha value is -2.07. The first-order valence-corrected chi connectivity index (χ1v) is 5.34. The molecule has 0 radical (unpaired) electrons. The fraction of sp³-hybridized carbons (Fsp3) is 0. The summed E-state index contributed by atoms with van der Waals surface area (Å²) in [5, 5.41) is 0. The summed E-state index contributed by atoms with van der Waals surface area (Å²) < 4.78 is 22.5. The maximum absolute atomic E-state index is 7.50. The van der Waals surface area contributed by atoms with Crippen LogP contribution in [0.15, 0.2) is 60.7 Å². The van der Waals surface area contributed by atoms with Crippen LogP contribution in [0.4, 0.5) is 0 Å². The second kappa shape index (κ2) is 20.3. The van der Waals surface area contributed by atoms with Crippen molar-refractivity contribution in [3.8, 4) is 0 Å². The third-order valence-electron chi connectivity index (χ3n) is 2.07. The minimum atomic E-state index is 0. The molecule has 2 aromatic carbocycles. The van der Waals surface area contributed by atoms with Crippen LogP contribution in [0.25, 0.3) is 12.2 Å². The largest absolute Gasteiger partial charge is 0 e. The third kappa shape index (κ3) is 12.7. The molecular formula is C17H12CrO3. The molecule has 104 valence electrons. The first kappa shape index (κ1) is 24.0. The molecule has 0 spiro atoms. The molecule has 0 fully saturated rings. The van der Waals surface area contributed by atoms with Gasteiger partial charge in [-0.3, -0.25) is 0 Å². The van der Waals surface area contributed by atoms with Crippen LogP contribution in [-0.2, 0) is 31.3 Å². The molecule has 0 unspecified atom stereocenters. The third-order valence-corrected chi connectivity index (χ3v) is 2.07. The zero-order chi connectivity index (χ0) is 15.6. The van der Waals surface area contributed by atoms with Gasteiger partial charge in [0.05, 0.1) is 0 Å². The van der Waals surface area contributed by atoms with Crippen molar-refractivity contribution >= 4 is 12.2 Å². The van der Waals surface area contributed by atoms with E-state index in [1.807, 2.05) is 36.4 Å². The first-order valence-electron chi connectivity index (χ1n) is 5.34. The summed E-state index contributed by atoms with van der Waals surface area (Å²) in [5.74, 6) is 0. The Bertz CT molecular complexity index is 472. The van der Waals surface area contributed by atoms with Gasteiger partial charge >= 0.3 is 33.9 Å². The summed E-state index contributed by atoms with van der Waals surface area (Å²) in [7, 11) is 0. The van der Waals surface area contributed by atoms with Gasteiger partial charge in [0, 0.05) is 17.4 Å². The van der Waals surface area contributed by atoms with E-state index in [9.17, 15) is 0 Å².